The molecule has 0 atom stereocenters. The summed E-state index contributed by atoms with van der Waals surface area (Å²) in [5, 5.41) is 0. The van der Waals surface area contributed by atoms with Crippen LogP contribution in [0.5, 0.6) is 0 Å². The molecule has 0 aliphatic carbocycles. The first-order valence-electron chi connectivity index (χ1n) is 0. The second-order valence-corrected chi connectivity index (χ2v) is 0. The van der Waals surface area contributed by atoms with Gasteiger partial charge in [-0.25, -0.2) is 0 Å². The molecule has 0 rings (SSSR count). The van der Waals surface area contributed by atoms with Crippen LogP contribution in [0.15, 0.2) is 0 Å². The van der Waals surface area contributed by atoms with E-state index in [0.717, 1.165) is 0 Å². The van der Waals surface area contributed by atoms with Crippen molar-refractivity contribution in [2.45, 2.75) is 0 Å². The average Bonchev–Trinajstić information content (AvgIpc) is 0. The monoisotopic (exact) mass is 288 g/mol. The predicted octanol–water partition coefficient (Wildman–Crippen LogP) is -2.64. The number of hydrogen-bond acceptors (Lipinski definition) is 0. The minimum absolute atomic E-state index is 0. The van der Waals surface area contributed by atoms with Gasteiger partial charge in [0.2, 0.25) is 0 Å². The second-order valence-electron chi connectivity index (χ2n) is 0. The number of hydrogen-bond donors (Lipinski definition) is 0. The fourth-order valence-electron chi connectivity index (χ4n) is 0. The van der Waals surface area contributed by atoms with E-state index in [0.29, 0.717) is 0 Å². The SMILES string of the molecule is S.[LiH].[SbH3].[SnH2]. The first-order valence-corrected chi connectivity index (χ1v) is 0. The Balaban J connectivity index is 0. The molecule has 0 fully saturated rings. The van der Waals surface area contributed by atoms with E-state index in [1.54, 1.807) is 0 Å². The topological polar surface area (TPSA) is 0 Å². The van der Waals surface area contributed by atoms with Crippen molar-refractivity contribution in [2.24, 2.45) is 0 Å². The Kier molecular flexibility index (Phi) is 136. The van der Waals surface area contributed by atoms with Gasteiger partial charge < -0.3 is 0 Å². The summed E-state index contributed by atoms with van der Waals surface area (Å²) in [5.41, 5.74) is 0. The standard InChI is InChI=1S/Li.H2S.Sb.Sn.6H/h;1H2;;;;;;;;. The first-order chi connectivity index (χ1) is 0. The van der Waals surface area contributed by atoms with Crippen molar-refractivity contribution in [3.8, 4) is 0 Å². The van der Waals surface area contributed by atoms with Crippen LogP contribution in [0.1, 0.15) is 0 Å². The summed E-state index contributed by atoms with van der Waals surface area (Å²) < 4.78 is 0. The summed E-state index contributed by atoms with van der Waals surface area (Å²) in [5.74, 6) is 0. The van der Waals surface area contributed by atoms with Gasteiger partial charge in [0, 0.05) is 0 Å². The van der Waals surface area contributed by atoms with Crippen molar-refractivity contribution < 1.29 is 0 Å². The summed E-state index contributed by atoms with van der Waals surface area (Å²) in [7, 11) is 0. The molecule has 0 aromatic carbocycles. The van der Waals surface area contributed by atoms with Crippen molar-refractivity contribution in [2.75, 3.05) is 0 Å². The Labute approximate surface area is 79.5 Å². The molecule has 0 amide bonds. The molecule has 2 radical (unpaired) electrons. The van der Waals surface area contributed by atoms with Crippen molar-refractivity contribution in [3.05, 3.63) is 0 Å². The molecule has 0 N–H and O–H groups in total. The van der Waals surface area contributed by atoms with Crippen molar-refractivity contribution >= 4 is 80.7 Å². The fourth-order valence-corrected chi connectivity index (χ4v) is 0. The molecule has 0 spiro atoms. The third-order valence-corrected chi connectivity index (χ3v) is 0. The van der Waals surface area contributed by atoms with Gasteiger partial charge in [0.1, 0.15) is 0 Å². The number of rotatable bonds is 0. The summed E-state index contributed by atoms with van der Waals surface area (Å²) in [6, 6.07) is 0. The van der Waals surface area contributed by atoms with Crippen LogP contribution in [-0.4, -0.2) is 67.2 Å². The second kappa shape index (κ2) is 17.6. The normalized spacial score (nSPS) is 0. The maximum atomic E-state index is 0. The van der Waals surface area contributed by atoms with E-state index in [9.17, 15) is 0 Å². The summed E-state index contributed by atoms with van der Waals surface area (Å²) in [4.78, 5) is 0. The molecule has 0 aromatic heterocycles. The van der Waals surface area contributed by atoms with E-state index in [2.05, 4.69) is 0 Å². The van der Waals surface area contributed by atoms with Crippen LogP contribution in [0, 0.1) is 0 Å². The van der Waals surface area contributed by atoms with Crippen LogP contribution in [0.3, 0.4) is 0 Å². The molecule has 0 aliphatic heterocycles. The Morgan fingerprint density at radius 1 is 1.00 bits per heavy atom. The zero-order chi connectivity index (χ0) is 0. The zero-order valence-electron chi connectivity index (χ0n) is 1.91. The van der Waals surface area contributed by atoms with Gasteiger partial charge in [0.25, 0.3) is 0 Å². The van der Waals surface area contributed by atoms with Gasteiger partial charge in [-0.15, -0.1) is 0 Å². The molecular formula is H8LiSSbSn. The van der Waals surface area contributed by atoms with E-state index >= 15 is 0 Å². The van der Waals surface area contributed by atoms with Crippen LogP contribution in [0.25, 0.3) is 0 Å². The third kappa shape index (κ3) is 8.82. The van der Waals surface area contributed by atoms with Gasteiger partial charge in [0.05, 0.1) is 0 Å². The van der Waals surface area contributed by atoms with Gasteiger partial charge in [-0.3, -0.25) is 0 Å². The van der Waals surface area contributed by atoms with Crippen LogP contribution < -0.4 is 0 Å². The van der Waals surface area contributed by atoms with E-state index in [1.807, 2.05) is 0 Å². The molecule has 0 unspecified atom stereocenters. The van der Waals surface area contributed by atoms with E-state index in [1.165, 1.54) is 0 Å². The maximum absolute atomic E-state index is 0. The molecule has 4 heavy (non-hydrogen) atoms. The Bertz CT molecular complexity index is 8.00. The van der Waals surface area contributed by atoms with E-state index in [-0.39, 0.29) is 80.7 Å². The molecule has 0 aliphatic rings. The van der Waals surface area contributed by atoms with Gasteiger partial charge in [-0.2, -0.15) is 13.5 Å². The Hall–Kier alpha value is 2.56. The zero-order valence-corrected chi connectivity index (χ0v) is 11.0. The molecule has 0 heterocycles. The van der Waals surface area contributed by atoms with Crippen molar-refractivity contribution in [1.29, 1.82) is 0 Å². The predicted molar refractivity (Wildman–Crippen MR) is 36.0 cm³/mol. The molecule has 24 valence electrons. The molecule has 4 heteroatoms. The van der Waals surface area contributed by atoms with Gasteiger partial charge in [-0.05, 0) is 0 Å². The van der Waals surface area contributed by atoms with E-state index in [4.69, 9.17) is 0 Å². The summed E-state index contributed by atoms with van der Waals surface area (Å²) in [6.45, 7) is 0. The van der Waals surface area contributed by atoms with Crippen molar-refractivity contribution in [3.63, 3.8) is 0 Å². The Morgan fingerprint density at radius 3 is 1.00 bits per heavy atom. The molecule has 0 saturated carbocycles. The van der Waals surface area contributed by atoms with Crippen LogP contribution >= 0.6 is 13.5 Å². The van der Waals surface area contributed by atoms with Gasteiger partial charge in [0.15, 0.2) is 0 Å². The van der Waals surface area contributed by atoms with Gasteiger partial charge >= 0.3 is 67.2 Å². The van der Waals surface area contributed by atoms with Crippen molar-refractivity contribution in [1.82, 2.24) is 0 Å². The third-order valence-electron chi connectivity index (χ3n) is 0. The fraction of sp³-hybridized carbons (Fsp3) is 0. The molecule has 0 saturated heterocycles. The molecule has 0 nitrogen and oxygen atoms in total. The summed E-state index contributed by atoms with van der Waals surface area (Å²) >= 11 is 0. The molecular weight excluding hydrogens is 279 g/mol. The Morgan fingerprint density at radius 2 is 1.00 bits per heavy atom. The first kappa shape index (κ1) is 30.9. The summed E-state index contributed by atoms with van der Waals surface area (Å²) in [6.07, 6.45) is 0. The van der Waals surface area contributed by atoms with Crippen LogP contribution in [0.4, 0.5) is 0 Å². The minimum atomic E-state index is 0. The van der Waals surface area contributed by atoms with Crippen LogP contribution in [0.2, 0.25) is 0 Å². The molecule has 0 aromatic rings. The molecule has 0 bridgehead atoms. The van der Waals surface area contributed by atoms with Gasteiger partial charge in [-0.1, -0.05) is 0 Å². The quantitative estimate of drug-likeness (QED) is 0.428. The average molecular weight is 288 g/mol. The van der Waals surface area contributed by atoms with E-state index < -0.39 is 0 Å². The van der Waals surface area contributed by atoms with Crippen LogP contribution in [-0.2, 0) is 0 Å².